The van der Waals surface area contributed by atoms with Crippen LogP contribution in [0.25, 0.3) is 0 Å². The van der Waals surface area contributed by atoms with Gasteiger partial charge in [0, 0.05) is 12.6 Å². The van der Waals surface area contributed by atoms with Gasteiger partial charge in [0.25, 0.3) is 5.91 Å². The Morgan fingerprint density at radius 1 is 1.29 bits per heavy atom. The van der Waals surface area contributed by atoms with Crippen molar-refractivity contribution >= 4 is 5.91 Å². The third kappa shape index (κ3) is 3.76. The first-order chi connectivity index (χ1) is 11.3. The fourth-order valence-electron chi connectivity index (χ4n) is 2.36. The van der Waals surface area contributed by atoms with Crippen molar-refractivity contribution in [2.45, 2.75) is 39.2 Å². The second-order valence-corrected chi connectivity index (χ2v) is 5.55. The van der Waals surface area contributed by atoms with Crippen molar-refractivity contribution < 1.29 is 23.1 Å². The summed E-state index contributed by atoms with van der Waals surface area (Å²) >= 11 is 0. The van der Waals surface area contributed by atoms with Crippen LogP contribution in [-0.4, -0.2) is 20.8 Å². The molecule has 8 heteroatoms. The van der Waals surface area contributed by atoms with E-state index in [1.54, 1.807) is 38.1 Å². The van der Waals surface area contributed by atoms with Gasteiger partial charge in [0.1, 0.15) is 0 Å². The Morgan fingerprint density at radius 2 is 1.92 bits per heavy atom. The highest BCUT2D eigenvalue weighted by molar-refractivity contribution is 5.95. The summed E-state index contributed by atoms with van der Waals surface area (Å²) in [6.07, 6.45) is -3.76. The van der Waals surface area contributed by atoms with Gasteiger partial charge in [0.05, 0.1) is 18.4 Å². The van der Waals surface area contributed by atoms with E-state index >= 15 is 0 Å². The van der Waals surface area contributed by atoms with E-state index in [0.29, 0.717) is 11.1 Å². The first-order valence-corrected chi connectivity index (χ1v) is 7.36. The Balaban J connectivity index is 2.24. The summed E-state index contributed by atoms with van der Waals surface area (Å²) in [6.45, 7) is 2.91. The molecule has 130 valence electrons. The van der Waals surface area contributed by atoms with Crippen LogP contribution in [0.3, 0.4) is 0 Å². The number of hydrogen-bond acceptors (Lipinski definition) is 3. The fraction of sp³-hybridized carbons (Fsp3) is 0.375. The summed E-state index contributed by atoms with van der Waals surface area (Å²) in [7, 11) is 0. The summed E-state index contributed by atoms with van der Waals surface area (Å²) in [5.41, 5.74) is -0.340. The largest absolute Gasteiger partial charge is 0.433 e. The number of carbonyl (C=O) groups excluding carboxylic acids is 1. The molecule has 0 saturated heterocycles. The van der Waals surface area contributed by atoms with E-state index in [-0.39, 0.29) is 13.2 Å². The van der Waals surface area contributed by atoms with Gasteiger partial charge in [-0.05, 0) is 25.0 Å². The Hall–Kier alpha value is -2.35. The molecule has 2 rings (SSSR count). The predicted molar refractivity (Wildman–Crippen MR) is 81.1 cm³/mol. The lowest BCUT2D eigenvalue weighted by Crippen LogP contribution is -2.27. The molecule has 1 amide bonds. The SMILES string of the molecule is CC(C)n1ncc(C(=O)NCc2ccccc2CO)c1C(F)(F)F. The minimum absolute atomic E-state index is 0.0136. The van der Waals surface area contributed by atoms with Gasteiger partial charge in [-0.1, -0.05) is 24.3 Å². The highest BCUT2D eigenvalue weighted by atomic mass is 19.4. The molecule has 0 atom stereocenters. The van der Waals surface area contributed by atoms with E-state index in [4.69, 9.17) is 0 Å². The molecule has 2 aromatic rings. The molecule has 0 saturated carbocycles. The number of halogens is 3. The van der Waals surface area contributed by atoms with Crippen LogP contribution in [0, 0.1) is 0 Å². The molecule has 1 heterocycles. The lowest BCUT2D eigenvalue weighted by atomic mass is 10.1. The highest BCUT2D eigenvalue weighted by Gasteiger charge is 2.40. The molecule has 24 heavy (non-hydrogen) atoms. The Labute approximate surface area is 137 Å². The second kappa shape index (κ2) is 7.04. The van der Waals surface area contributed by atoms with E-state index < -0.39 is 29.4 Å². The summed E-state index contributed by atoms with van der Waals surface area (Å²) in [4.78, 5) is 12.2. The summed E-state index contributed by atoms with van der Waals surface area (Å²) in [5.74, 6) is -0.859. The van der Waals surface area contributed by atoms with Gasteiger partial charge in [-0.2, -0.15) is 18.3 Å². The number of rotatable bonds is 5. The number of hydrogen-bond donors (Lipinski definition) is 2. The first-order valence-electron chi connectivity index (χ1n) is 7.36. The van der Waals surface area contributed by atoms with Crippen LogP contribution in [0.4, 0.5) is 13.2 Å². The van der Waals surface area contributed by atoms with Gasteiger partial charge in [0.2, 0.25) is 0 Å². The van der Waals surface area contributed by atoms with Gasteiger partial charge in [0.15, 0.2) is 5.69 Å². The lowest BCUT2D eigenvalue weighted by molar-refractivity contribution is -0.145. The minimum atomic E-state index is -4.68. The van der Waals surface area contributed by atoms with Crippen LogP contribution in [0.1, 0.15) is 47.1 Å². The number of alkyl halides is 3. The van der Waals surface area contributed by atoms with E-state index in [1.165, 1.54) is 0 Å². The molecule has 1 aromatic carbocycles. The van der Waals surface area contributed by atoms with Crippen molar-refractivity contribution in [2.24, 2.45) is 0 Å². The number of aromatic nitrogens is 2. The van der Waals surface area contributed by atoms with Crippen LogP contribution in [0.15, 0.2) is 30.5 Å². The zero-order valence-corrected chi connectivity index (χ0v) is 13.3. The van der Waals surface area contributed by atoms with Gasteiger partial charge in [-0.15, -0.1) is 0 Å². The average molecular weight is 341 g/mol. The zero-order valence-electron chi connectivity index (χ0n) is 13.3. The smallest absolute Gasteiger partial charge is 0.392 e. The maximum atomic E-state index is 13.3. The number of nitrogens with one attached hydrogen (secondary N) is 1. The summed E-state index contributed by atoms with van der Waals surface area (Å²) in [5, 5.41) is 15.4. The molecule has 0 fully saturated rings. The molecule has 1 aromatic heterocycles. The molecule has 0 radical (unpaired) electrons. The van der Waals surface area contributed by atoms with Crippen molar-refractivity contribution in [2.75, 3.05) is 0 Å². The minimum Gasteiger partial charge on any atom is -0.392 e. The molecule has 0 aliphatic carbocycles. The molecule has 0 aliphatic rings. The topological polar surface area (TPSA) is 67.2 Å². The first kappa shape index (κ1) is 18.0. The maximum absolute atomic E-state index is 13.3. The van der Waals surface area contributed by atoms with Crippen LogP contribution in [0.5, 0.6) is 0 Å². The third-order valence-electron chi connectivity index (χ3n) is 3.53. The van der Waals surface area contributed by atoms with Crippen LogP contribution >= 0.6 is 0 Å². The molecular formula is C16H18F3N3O2. The predicted octanol–water partition coefficient (Wildman–Crippen LogP) is 2.91. The van der Waals surface area contributed by atoms with E-state index in [1.807, 2.05) is 0 Å². The number of amides is 1. The lowest BCUT2D eigenvalue weighted by Gasteiger charge is -2.15. The zero-order chi connectivity index (χ0) is 17.9. The molecule has 0 unspecified atom stereocenters. The number of benzene rings is 1. The van der Waals surface area contributed by atoms with Gasteiger partial charge < -0.3 is 10.4 Å². The molecule has 5 nitrogen and oxygen atoms in total. The second-order valence-electron chi connectivity index (χ2n) is 5.55. The fourth-order valence-corrected chi connectivity index (χ4v) is 2.36. The molecule has 0 spiro atoms. The number of nitrogens with zero attached hydrogens (tertiary/aromatic N) is 2. The van der Waals surface area contributed by atoms with Crippen LogP contribution < -0.4 is 5.32 Å². The Bertz CT molecular complexity index is 724. The van der Waals surface area contributed by atoms with Crippen LogP contribution in [0.2, 0.25) is 0 Å². The number of aliphatic hydroxyl groups excluding tert-OH is 1. The molecular weight excluding hydrogens is 323 g/mol. The number of carbonyl (C=O) groups is 1. The Kier molecular flexibility index (Phi) is 5.28. The van der Waals surface area contributed by atoms with Gasteiger partial charge in [-0.3, -0.25) is 9.48 Å². The van der Waals surface area contributed by atoms with Gasteiger partial charge in [-0.25, -0.2) is 0 Å². The average Bonchev–Trinajstić information content (AvgIpc) is 2.98. The van der Waals surface area contributed by atoms with E-state index in [9.17, 15) is 23.1 Å². The van der Waals surface area contributed by atoms with E-state index in [0.717, 1.165) is 10.9 Å². The van der Waals surface area contributed by atoms with Crippen molar-refractivity contribution in [1.82, 2.24) is 15.1 Å². The van der Waals surface area contributed by atoms with Crippen LogP contribution in [-0.2, 0) is 19.3 Å². The maximum Gasteiger partial charge on any atom is 0.433 e. The standard InChI is InChI=1S/C16H18F3N3O2/c1-10(2)22-14(16(17,18)19)13(8-21-22)15(24)20-7-11-5-3-4-6-12(11)9-23/h3-6,8,10,23H,7,9H2,1-2H3,(H,20,24). The van der Waals surface area contributed by atoms with Crippen molar-refractivity contribution in [3.8, 4) is 0 Å². The van der Waals surface area contributed by atoms with E-state index in [2.05, 4.69) is 10.4 Å². The highest BCUT2D eigenvalue weighted by Crippen LogP contribution is 2.33. The van der Waals surface area contributed by atoms with Gasteiger partial charge >= 0.3 is 6.18 Å². The van der Waals surface area contributed by atoms with Crippen molar-refractivity contribution in [3.05, 3.63) is 52.8 Å². The quantitative estimate of drug-likeness (QED) is 0.879. The summed E-state index contributed by atoms with van der Waals surface area (Å²) in [6, 6.07) is 6.29. The van der Waals surface area contributed by atoms with Crippen molar-refractivity contribution in [3.63, 3.8) is 0 Å². The third-order valence-corrected chi connectivity index (χ3v) is 3.53. The summed E-state index contributed by atoms with van der Waals surface area (Å²) < 4.78 is 40.6. The Morgan fingerprint density at radius 3 is 2.46 bits per heavy atom. The van der Waals surface area contributed by atoms with Crippen molar-refractivity contribution in [1.29, 1.82) is 0 Å². The normalized spacial score (nSPS) is 11.8. The number of aliphatic hydroxyl groups is 1. The molecule has 0 aliphatic heterocycles. The molecule has 0 bridgehead atoms. The molecule has 2 N–H and O–H groups in total. The monoisotopic (exact) mass is 341 g/mol.